The molecule has 11 heteroatoms. The molecule has 2 rings (SSSR count). The Kier molecular flexibility index (Phi) is 6.99. The first-order valence-corrected chi connectivity index (χ1v) is 8.15. The Morgan fingerprint density at radius 2 is 2.07 bits per heavy atom. The summed E-state index contributed by atoms with van der Waals surface area (Å²) in [5, 5.41) is 10.9. The second kappa shape index (κ2) is 9.22. The van der Waals surface area contributed by atoms with Crippen LogP contribution >= 0.6 is 0 Å². The average Bonchev–Trinajstić information content (AvgIpc) is 3.10. The fraction of sp³-hybridized carbons (Fsp3) is 0.353. The van der Waals surface area contributed by atoms with Crippen molar-refractivity contribution < 1.29 is 27.4 Å². The second-order valence-corrected chi connectivity index (χ2v) is 5.79. The van der Waals surface area contributed by atoms with Gasteiger partial charge in [-0.05, 0) is 25.1 Å². The van der Waals surface area contributed by atoms with Crippen molar-refractivity contribution in [2.45, 2.75) is 19.1 Å². The Bertz CT molecular complexity index is 835. The van der Waals surface area contributed by atoms with E-state index >= 15 is 0 Å². The van der Waals surface area contributed by atoms with Crippen LogP contribution in [0, 0.1) is 0 Å². The van der Waals surface area contributed by atoms with E-state index in [9.17, 15) is 18.0 Å². The van der Waals surface area contributed by atoms with Crippen molar-refractivity contribution >= 4 is 17.7 Å². The minimum atomic E-state index is -4.57. The predicted octanol–water partition coefficient (Wildman–Crippen LogP) is 2.67. The Hall–Kier alpha value is -3.08. The minimum Gasteiger partial charge on any atom is -0.497 e. The third-order valence-electron chi connectivity index (χ3n) is 3.46. The van der Waals surface area contributed by atoms with Crippen molar-refractivity contribution in [3.8, 4) is 5.75 Å². The molecule has 0 fully saturated rings. The van der Waals surface area contributed by atoms with E-state index in [1.807, 2.05) is 5.10 Å². The standard InChI is InChI=1S/C17H20F3N5O3/c1-10(9-27-2)21-16(22-14-8-13(24-25-14)17(18,19)20)23-15(26)11-5-4-6-12(7-11)28-3/h4-8,10H,9H2,1-3H3,(H3,21,22,23,24,25,26)/t10-/m0/s1. The lowest BCUT2D eigenvalue weighted by molar-refractivity contribution is -0.141. The molecule has 152 valence electrons. The normalized spacial score (nSPS) is 13.1. The number of aliphatic imine (C=N–C) groups is 1. The number of aromatic amines is 1. The zero-order valence-corrected chi connectivity index (χ0v) is 15.4. The highest BCUT2D eigenvalue weighted by atomic mass is 19.4. The third kappa shape index (κ3) is 5.98. The van der Waals surface area contributed by atoms with Gasteiger partial charge in [-0.2, -0.15) is 23.3 Å². The van der Waals surface area contributed by atoms with E-state index in [-0.39, 0.29) is 30.0 Å². The number of methoxy groups -OCH3 is 2. The van der Waals surface area contributed by atoms with Gasteiger partial charge in [-0.1, -0.05) is 6.07 Å². The van der Waals surface area contributed by atoms with Crippen LogP contribution in [0.3, 0.4) is 0 Å². The molecule has 0 bridgehead atoms. The molecule has 0 saturated heterocycles. The minimum absolute atomic E-state index is 0.0717. The number of carbonyl (C=O) groups excluding carboxylic acids is 1. The van der Waals surface area contributed by atoms with Gasteiger partial charge in [-0.25, -0.2) is 0 Å². The lowest BCUT2D eigenvalue weighted by Crippen LogP contribution is -2.40. The van der Waals surface area contributed by atoms with Crippen LogP contribution in [0.5, 0.6) is 5.75 Å². The SMILES string of the molecule is COC[C@H](C)N/C(=N/C(=O)c1cccc(OC)c1)Nc1cc(C(F)(F)F)[nH]n1. The van der Waals surface area contributed by atoms with E-state index in [0.29, 0.717) is 5.75 Å². The van der Waals surface area contributed by atoms with Crippen LogP contribution in [-0.2, 0) is 10.9 Å². The van der Waals surface area contributed by atoms with Gasteiger partial charge in [0.15, 0.2) is 5.82 Å². The number of alkyl halides is 3. The molecule has 0 spiro atoms. The number of carbonyl (C=O) groups is 1. The number of halogens is 3. The zero-order valence-electron chi connectivity index (χ0n) is 15.4. The van der Waals surface area contributed by atoms with Crippen molar-refractivity contribution in [3.05, 3.63) is 41.6 Å². The molecule has 28 heavy (non-hydrogen) atoms. The molecule has 3 N–H and O–H groups in total. The summed E-state index contributed by atoms with van der Waals surface area (Å²) >= 11 is 0. The highest BCUT2D eigenvalue weighted by Gasteiger charge is 2.33. The van der Waals surface area contributed by atoms with Crippen molar-refractivity contribution in [1.29, 1.82) is 0 Å². The number of H-pyrrole nitrogens is 1. The Balaban J connectivity index is 2.26. The number of nitrogens with one attached hydrogen (secondary N) is 3. The molecule has 1 heterocycles. The van der Waals surface area contributed by atoms with Crippen LogP contribution in [0.1, 0.15) is 23.0 Å². The summed E-state index contributed by atoms with van der Waals surface area (Å²) in [6.07, 6.45) is -4.57. The van der Waals surface area contributed by atoms with Crippen LogP contribution in [-0.4, -0.2) is 48.9 Å². The monoisotopic (exact) mass is 399 g/mol. The Morgan fingerprint density at radius 3 is 2.68 bits per heavy atom. The zero-order chi connectivity index (χ0) is 20.7. The summed E-state index contributed by atoms with van der Waals surface area (Å²) in [4.78, 5) is 16.4. The van der Waals surface area contributed by atoms with Crippen LogP contribution in [0.4, 0.5) is 19.0 Å². The molecule has 8 nitrogen and oxygen atoms in total. The largest absolute Gasteiger partial charge is 0.497 e. The number of hydrogen-bond donors (Lipinski definition) is 3. The Morgan fingerprint density at radius 1 is 1.32 bits per heavy atom. The number of nitrogens with zero attached hydrogens (tertiary/aromatic N) is 2. The summed E-state index contributed by atoms with van der Waals surface area (Å²) in [5.41, 5.74) is -0.781. The number of benzene rings is 1. The van der Waals surface area contributed by atoms with E-state index in [1.165, 1.54) is 20.3 Å². The predicted molar refractivity (Wildman–Crippen MR) is 96.4 cm³/mol. The Labute approximate surface area is 159 Å². The first-order chi connectivity index (χ1) is 13.2. The van der Waals surface area contributed by atoms with E-state index < -0.39 is 17.8 Å². The van der Waals surface area contributed by atoms with Gasteiger partial charge in [0, 0.05) is 24.8 Å². The number of anilines is 1. The van der Waals surface area contributed by atoms with Gasteiger partial charge in [0.2, 0.25) is 5.96 Å². The van der Waals surface area contributed by atoms with Crippen molar-refractivity contribution in [3.63, 3.8) is 0 Å². The van der Waals surface area contributed by atoms with E-state index in [1.54, 1.807) is 25.1 Å². The maximum absolute atomic E-state index is 12.7. The summed E-state index contributed by atoms with van der Waals surface area (Å²) in [6.45, 7) is 2.03. The maximum atomic E-state index is 12.7. The van der Waals surface area contributed by atoms with Crippen LogP contribution in [0.2, 0.25) is 0 Å². The van der Waals surface area contributed by atoms with Gasteiger partial charge in [0.1, 0.15) is 11.4 Å². The molecular formula is C17H20F3N5O3. The van der Waals surface area contributed by atoms with Crippen LogP contribution in [0.15, 0.2) is 35.3 Å². The maximum Gasteiger partial charge on any atom is 0.432 e. The fourth-order valence-corrected chi connectivity index (χ4v) is 2.20. The summed E-state index contributed by atoms with van der Waals surface area (Å²) in [7, 11) is 2.96. The third-order valence-corrected chi connectivity index (χ3v) is 3.46. The molecule has 0 aliphatic carbocycles. The number of hydrogen-bond acceptors (Lipinski definition) is 4. The number of ether oxygens (including phenoxy) is 2. The van der Waals surface area contributed by atoms with E-state index in [2.05, 4.69) is 20.7 Å². The van der Waals surface area contributed by atoms with Gasteiger partial charge in [0.25, 0.3) is 5.91 Å². The lowest BCUT2D eigenvalue weighted by atomic mass is 10.2. The van der Waals surface area contributed by atoms with Gasteiger partial charge >= 0.3 is 6.18 Å². The molecule has 1 atom stereocenters. The number of guanidine groups is 1. The first kappa shape index (κ1) is 21.2. The molecule has 1 aromatic heterocycles. The quantitative estimate of drug-likeness (QED) is 0.510. The van der Waals surface area contributed by atoms with Crippen molar-refractivity contribution in [2.75, 3.05) is 26.1 Å². The molecule has 0 radical (unpaired) electrons. The second-order valence-electron chi connectivity index (χ2n) is 5.79. The van der Waals surface area contributed by atoms with Gasteiger partial charge in [0.05, 0.1) is 13.7 Å². The van der Waals surface area contributed by atoms with E-state index in [4.69, 9.17) is 9.47 Å². The number of amides is 1. The fourth-order valence-electron chi connectivity index (χ4n) is 2.20. The van der Waals surface area contributed by atoms with Crippen LogP contribution in [0.25, 0.3) is 0 Å². The molecule has 0 aliphatic heterocycles. The van der Waals surface area contributed by atoms with Gasteiger partial charge in [-0.3, -0.25) is 9.89 Å². The molecule has 0 unspecified atom stereocenters. The molecule has 2 aromatic rings. The number of aromatic nitrogens is 2. The molecule has 1 amide bonds. The van der Waals surface area contributed by atoms with Gasteiger partial charge < -0.3 is 20.1 Å². The summed E-state index contributed by atoms with van der Waals surface area (Å²) in [5.74, 6) is -0.372. The molecule has 0 saturated carbocycles. The highest BCUT2D eigenvalue weighted by molar-refractivity contribution is 6.06. The topological polar surface area (TPSA) is 101 Å². The van der Waals surface area contributed by atoms with Gasteiger partial charge in [-0.15, -0.1) is 0 Å². The first-order valence-electron chi connectivity index (χ1n) is 8.15. The average molecular weight is 399 g/mol. The molecule has 1 aromatic carbocycles. The van der Waals surface area contributed by atoms with Crippen molar-refractivity contribution in [1.82, 2.24) is 15.5 Å². The smallest absolute Gasteiger partial charge is 0.432 e. The highest BCUT2D eigenvalue weighted by Crippen LogP contribution is 2.28. The van der Waals surface area contributed by atoms with E-state index in [0.717, 1.165) is 6.07 Å². The summed E-state index contributed by atoms with van der Waals surface area (Å²) in [6, 6.07) is 6.82. The van der Waals surface area contributed by atoms with Crippen LogP contribution < -0.4 is 15.4 Å². The summed E-state index contributed by atoms with van der Waals surface area (Å²) < 4.78 is 48.2. The molecular weight excluding hydrogens is 379 g/mol. The lowest BCUT2D eigenvalue weighted by Gasteiger charge is -2.16. The van der Waals surface area contributed by atoms with Crippen molar-refractivity contribution in [2.24, 2.45) is 4.99 Å². The molecule has 0 aliphatic rings. The number of rotatable bonds is 6.